The molecule has 6 nitrogen and oxygen atoms in total. The number of hydrogen-bond donors (Lipinski definition) is 0. The second-order valence-electron chi connectivity index (χ2n) is 5.48. The van der Waals surface area contributed by atoms with E-state index in [1.54, 1.807) is 6.20 Å². The van der Waals surface area contributed by atoms with Gasteiger partial charge in [-0.2, -0.15) is 0 Å². The predicted octanol–water partition coefficient (Wildman–Crippen LogP) is 3.57. The highest BCUT2D eigenvalue weighted by molar-refractivity contribution is 6.76. The van der Waals surface area contributed by atoms with Crippen molar-refractivity contribution in [2.75, 3.05) is 6.61 Å². The van der Waals surface area contributed by atoms with Gasteiger partial charge in [0.15, 0.2) is 0 Å². The molecule has 0 spiro atoms. The Morgan fingerprint density at radius 2 is 2.28 bits per heavy atom. The first-order chi connectivity index (χ1) is 8.44. The van der Waals surface area contributed by atoms with E-state index in [0.29, 0.717) is 6.73 Å². The fourth-order valence-electron chi connectivity index (χ4n) is 1.47. The third-order valence-electron chi connectivity index (χ3n) is 2.57. The fourth-order valence-corrected chi connectivity index (χ4v) is 2.22. The van der Waals surface area contributed by atoms with Gasteiger partial charge in [0.1, 0.15) is 12.6 Å². The van der Waals surface area contributed by atoms with Crippen LogP contribution in [0.1, 0.15) is 18.8 Å². The number of aromatic nitrogens is 2. The quantitative estimate of drug-likeness (QED) is 0.249. The van der Waals surface area contributed by atoms with E-state index >= 15 is 0 Å². The molecule has 1 aromatic rings. The molecule has 0 N–H and O–H groups in total. The van der Waals surface area contributed by atoms with Gasteiger partial charge in [0.2, 0.25) is 0 Å². The lowest BCUT2D eigenvalue weighted by molar-refractivity contribution is 0.0845. The number of imidazole rings is 1. The van der Waals surface area contributed by atoms with E-state index in [2.05, 4.69) is 34.7 Å². The van der Waals surface area contributed by atoms with Gasteiger partial charge < -0.3 is 9.30 Å². The van der Waals surface area contributed by atoms with Crippen LogP contribution in [-0.4, -0.2) is 24.2 Å². The lowest BCUT2D eigenvalue weighted by Crippen LogP contribution is -2.22. The van der Waals surface area contributed by atoms with Crippen molar-refractivity contribution in [2.24, 2.45) is 5.11 Å². The van der Waals surface area contributed by atoms with Crippen molar-refractivity contribution in [2.45, 2.75) is 45.4 Å². The zero-order valence-corrected chi connectivity index (χ0v) is 12.5. The SMILES string of the molecule is CC(N=[N+]=[N-])c1nccn1COCC[Si](C)(C)C. The lowest BCUT2D eigenvalue weighted by atomic mass is 10.3. The Kier molecular flexibility index (Phi) is 5.40. The summed E-state index contributed by atoms with van der Waals surface area (Å²) in [5, 5.41) is 3.64. The van der Waals surface area contributed by atoms with Crippen molar-refractivity contribution in [3.63, 3.8) is 0 Å². The van der Waals surface area contributed by atoms with E-state index in [1.807, 2.05) is 17.7 Å². The van der Waals surface area contributed by atoms with Crippen molar-refractivity contribution in [3.05, 3.63) is 28.7 Å². The third-order valence-corrected chi connectivity index (χ3v) is 4.28. The van der Waals surface area contributed by atoms with Crippen LogP contribution in [0.3, 0.4) is 0 Å². The van der Waals surface area contributed by atoms with Gasteiger partial charge in [-0.05, 0) is 18.5 Å². The molecule has 0 aliphatic carbocycles. The maximum absolute atomic E-state index is 8.42. The molecule has 0 radical (unpaired) electrons. The number of azide groups is 1. The molecule has 0 saturated carbocycles. The zero-order valence-electron chi connectivity index (χ0n) is 11.5. The number of nitrogens with zero attached hydrogens (tertiary/aromatic N) is 5. The lowest BCUT2D eigenvalue weighted by Gasteiger charge is -2.16. The molecule has 0 aliphatic heterocycles. The van der Waals surface area contributed by atoms with Crippen LogP contribution in [0.25, 0.3) is 10.4 Å². The van der Waals surface area contributed by atoms with Crippen LogP contribution in [0.5, 0.6) is 0 Å². The number of rotatable bonds is 7. The molecule has 1 aromatic heterocycles. The Labute approximate surface area is 109 Å². The van der Waals surface area contributed by atoms with Gasteiger partial charge in [0, 0.05) is 32.0 Å². The van der Waals surface area contributed by atoms with Gasteiger partial charge in [0.05, 0.1) is 6.04 Å². The molecule has 1 unspecified atom stereocenters. The molecule has 1 atom stereocenters. The molecule has 1 rings (SSSR count). The summed E-state index contributed by atoms with van der Waals surface area (Å²) in [4.78, 5) is 6.99. The average Bonchev–Trinajstić information content (AvgIpc) is 2.71. The summed E-state index contributed by atoms with van der Waals surface area (Å²) in [6.07, 6.45) is 3.54. The van der Waals surface area contributed by atoms with Gasteiger partial charge in [-0.3, -0.25) is 0 Å². The summed E-state index contributed by atoms with van der Waals surface area (Å²) in [6.45, 7) is 10.0. The van der Waals surface area contributed by atoms with E-state index < -0.39 is 8.07 Å². The summed E-state index contributed by atoms with van der Waals surface area (Å²) in [5.41, 5.74) is 8.42. The van der Waals surface area contributed by atoms with Gasteiger partial charge in [-0.15, -0.1) is 0 Å². The summed E-state index contributed by atoms with van der Waals surface area (Å²) in [7, 11) is -1.04. The molecule has 0 bridgehead atoms. The van der Waals surface area contributed by atoms with Crippen LogP contribution in [0.2, 0.25) is 25.7 Å². The number of hydrogen-bond acceptors (Lipinski definition) is 3. The van der Waals surface area contributed by atoms with Crippen LogP contribution in [-0.2, 0) is 11.5 Å². The van der Waals surface area contributed by atoms with E-state index in [9.17, 15) is 0 Å². The van der Waals surface area contributed by atoms with Crippen molar-refractivity contribution < 1.29 is 4.74 Å². The second kappa shape index (κ2) is 6.58. The minimum absolute atomic E-state index is 0.273. The van der Waals surface area contributed by atoms with Gasteiger partial charge in [-0.1, -0.05) is 24.8 Å². The smallest absolute Gasteiger partial charge is 0.123 e. The highest BCUT2D eigenvalue weighted by Crippen LogP contribution is 2.15. The van der Waals surface area contributed by atoms with E-state index in [-0.39, 0.29) is 6.04 Å². The van der Waals surface area contributed by atoms with Crippen LogP contribution in [0.15, 0.2) is 17.5 Å². The molecule has 0 aliphatic rings. The summed E-state index contributed by atoms with van der Waals surface area (Å²) < 4.78 is 7.52. The highest BCUT2D eigenvalue weighted by Gasteiger charge is 2.13. The Balaban J connectivity index is 2.48. The minimum Gasteiger partial charge on any atom is -0.361 e. The molecule has 0 aromatic carbocycles. The normalized spacial score (nSPS) is 13.1. The molecular formula is C11H21N5OSi. The fraction of sp³-hybridized carbons (Fsp3) is 0.727. The topological polar surface area (TPSA) is 75.8 Å². The number of ether oxygens (including phenoxy) is 1. The van der Waals surface area contributed by atoms with Gasteiger partial charge >= 0.3 is 0 Å². The first-order valence-corrected chi connectivity index (χ1v) is 9.78. The monoisotopic (exact) mass is 267 g/mol. The Bertz CT molecular complexity index is 419. The van der Waals surface area contributed by atoms with Crippen LogP contribution >= 0.6 is 0 Å². The molecule has 0 saturated heterocycles. The van der Waals surface area contributed by atoms with Gasteiger partial charge in [-0.25, -0.2) is 4.98 Å². The molecule has 7 heteroatoms. The molecule has 100 valence electrons. The van der Waals surface area contributed by atoms with Crippen LogP contribution in [0, 0.1) is 0 Å². The third kappa shape index (κ3) is 4.91. The minimum atomic E-state index is -1.04. The van der Waals surface area contributed by atoms with Gasteiger partial charge in [0.25, 0.3) is 0 Å². The van der Waals surface area contributed by atoms with Crippen molar-refractivity contribution in [1.29, 1.82) is 0 Å². The molecule has 1 heterocycles. The van der Waals surface area contributed by atoms with E-state index in [0.717, 1.165) is 18.5 Å². The second-order valence-corrected chi connectivity index (χ2v) is 11.1. The van der Waals surface area contributed by atoms with Crippen LogP contribution in [0.4, 0.5) is 0 Å². The highest BCUT2D eigenvalue weighted by atomic mass is 28.3. The standard InChI is InChI=1S/C11H21N5OSi/c1-10(14-15-12)11-13-5-6-16(11)9-17-7-8-18(2,3)4/h5-6,10H,7-9H2,1-4H3. The zero-order chi connectivity index (χ0) is 13.6. The van der Waals surface area contributed by atoms with E-state index in [1.165, 1.54) is 0 Å². The maximum Gasteiger partial charge on any atom is 0.123 e. The molecule has 0 amide bonds. The Morgan fingerprint density at radius 3 is 2.89 bits per heavy atom. The first-order valence-electron chi connectivity index (χ1n) is 6.07. The summed E-state index contributed by atoms with van der Waals surface area (Å²) in [6, 6.07) is 0.869. The molecular weight excluding hydrogens is 246 g/mol. The largest absolute Gasteiger partial charge is 0.361 e. The summed E-state index contributed by atoms with van der Waals surface area (Å²) in [5.74, 6) is 0.737. The Morgan fingerprint density at radius 1 is 1.56 bits per heavy atom. The first kappa shape index (κ1) is 14.8. The van der Waals surface area contributed by atoms with Crippen molar-refractivity contribution in [3.8, 4) is 0 Å². The van der Waals surface area contributed by atoms with Crippen molar-refractivity contribution >= 4 is 8.07 Å². The van der Waals surface area contributed by atoms with Crippen LogP contribution < -0.4 is 0 Å². The Hall–Kier alpha value is -1.30. The maximum atomic E-state index is 8.42. The van der Waals surface area contributed by atoms with E-state index in [4.69, 9.17) is 10.3 Å². The van der Waals surface area contributed by atoms with Crippen molar-refractivity contribution in [1.82, 2.24) is 9.55 Å². The predicted molar refractivity (Wildman–Crippen MR) is 73.9 cm³/mol. The average molecular weight is 267 g/mol. The molecule has 18 heavy (non-hydrogen) atoms. The summed E-state index contributed by atoms with van der Waals surface area (Å²) >= 11 is 0. The molecule has 0 fully saturated rings.